The van der Waals surface area contributed by atoms with Crippen LogP contribution in [0.4, 0.5) is 4.79 Å². The second kappa shape index (κ2) is 3.23. The number of carboxylic acids is 1. The van der Waals surface area contributed by atoms with E-state index >= 15 is 0 Å². The highest BCUT2D eigenvalue weighted by atomic mass is 16.5. The fourth-order valence-corrected chi connectivity index (χ4v) is 0.864. The van der Waals surface area contributed by atoms with Crippen molar-refractivity contribution in [3.8, 4) is 0 Å². The Morgan fingerprint density at radius 1 is 1.73 bits per heavy atom. The number of hydrogen-bond acceptors (Lipinski definition) is 3. The third-order valence-corrected chi connectivity index (χ3v) is 1.54. The molecule has 0 aromatic carbocycles. The summed E-state index contributed by atoms with van der Waals surface area (Å²) in [7, 11) is 0. The standard InChI is InChI=1S/C6H9NO4/c8-5(9)4-1-2-11-6(10)7-3-4/h4H,1-3H2,(H,7,10)(H,8,9)/t4-/m1/s1. The molecular weight excluding hydrogens is 150 g/mol. The molecule has 0 bridgehead atoms. The van der Waals surface area contributed by atoms with E-state index in [0.29, 0.717) is 6.42 Å². The van der Waals surface area contributed by atoms with Crippen molar-refractivity contribution in [1.29, 1.82) is 0 Å². The SMILES string of the molecule is O=C1NC[C@H](C(=O)O)CCO1. The van der Waals surface area contributed by atoms with Crippen molar-refractivity contribution in [2.45, 2.75) is 6.42 Å². The van der Waals surface area contributed by atoms with E-state index in [4.69, 9.17) is 5.11 Å². The molecule has 2 N–H and O–H groups in total. The Morgan fingerprint density at radius 3 is 3.09 bits per heavy atom. The predicted molar refractivity (Wildman–Crippen MR) is 35.1 cm³/mol. The van der Waals surface area contributed by atoms with E-state index in [1.54, 1.807) is 0 Å². The van der Waals surface area contributed by atoms with Crippen LogP contribution >= 0.6 is 0 Å². The quantitative estimate of drug-likeness (QED) is 0.556. The van der Waals surface area contributed by atoms with Gasteiger partial charge in [0.2, 0.25) is 0 Å². The van der Waals surface area contributed by atoms with Crippen molar-refractivity contribution < 1.29 is 19.4 Å². The van der Waals surface area contributed by atoms with Crippen LogP contribution in [0.5, 0.6) is 0 Å². The minimum Gasteiger partial charge on any atom is -0.481 e. The van der Waals surface area contributed by atoms with Gasteiger partial charge in [-0.2, -0.15) is 0 Å². The Hall–Kier alpha value is -1.26. The number of rotatable bonds is 1. The largest absolute Gasteiger partial charge is 0.481 e. The van der Waals surface area contributed by atoms with E-state index in [9.17, 15) is 9.59 Å². The van der Waals surface area contributed by atoms with Crippen LogP contribution in [-0.2, 0) is 9.53 Å². The van der Waals surface area contributed by atoms with Crippen LogP contribution in [0.15, 0.2) is 0 Å². The number of aliphatic carboxylic acids is 1. The van der Waals surface area contributed by atoms with E-state index in [-0.39, 0.29) is 13.2 Å². The van der Waals surface area contributed by atoms with Gasteiger partial charge in [0.15, 0.2) is 0 Å². The first-order chi connectivity index (χ1) is 5.20. The molecule has 5 nitrogen and oxygen atoms in total. The molecule has 11 heavy (non-hydrogen) atoms. The minimum atomic E-state index is -0.893. The van der Waals surface area contributed by atoms with Gasteiger partial charge in [0.25, 0.3) is 0 Å². The fraction of sp³-hybridized carbons (Fsp3) is 0.667. The molecule has 1 saturated heterocycles. The zero-order valence-corrected chi connectivity index (χ0v) is 5.87. The van der Waals surface area contributed by atoms with Gasteiger partial charge in [-0.25, -0.2) is 4.79 Å². The Morgan fingerprint density at radius 2 is 2.45 bits per heavy atom. The second-order valence-electron chi connectivity index (χ2n) is 2.34. The molecule has 0 saturated carbocycles. The van der Waals surface area contributed by atoms with Gasteiger partial charge in [-0.1, -0.05) is 0 Å². The molecule has 62 valence electrons. The highest BCUT2D eigenvalue weighted by Gasteiger charge is 2.21. The van der Waals surface area contributed by atoms with Crippen LogP contribution < -0.4 is 5.32 Å². The summed E-state index contributed by atoms with van der Waals surface area (Å²) in [5.74, 6) is -1.41. The summed E-state index contributed by atoms with van der Waals surface area (Å²) in [6.07, 6.45) is -0.151. The number of cyclic esters (lactones) is 1. The summed E-state index contributed by atoms with van der Waals surface area (Å²) in [4.78, 5) is 20.9. The molecule has 0 spiro atoms. The molecule has 1 fully saturated rings. The number of alkyl carbamates (subject to hydrolysis) is 1. The van der Waals surface area contributed by atoms with Gasteiger partial charge >= 0.3 is 12.1 Å². The second-order valence-corrected chi connectivity index (χ2v) is 2.34. The van der Waals surface area contributed by atoms with Gasteiger partial charge in [0.1, 0.15) is 0 Å². The maximum Gasteiger partial charge on any atom is 0.407 e. The maximum atomic E-state index is 10.5. The van der Waals surface area contributed by atoms with Gasteiger partial charge in [0, 0.05) is 6.54 Å². The predicted octanol–water partition coefficient (Wildman–Crippen LogP) is -0.183. The first-order valence-corrected chi connectivity index (χ1v) is 3.33. The molecule has 0 aromatic rings. The molecular formula is C6H9NO4. The van der Waals surface area contributed by atoms with Gasteiger partial charge in [-0.3, -0.25) is 4.79 Å². The summed E-state index contributed by atoms with van der Waals surface area (Å²) in [6.45, 7) is 0.344. The number of nitrogens with one attached hydrogen (secondary N) is 1. The van der Waals surface area contributed by atoms with Crippen molar-refractivity contribution in [2.24, 2.45) is 5.92 Å². The lowest BCUT2D eigenvalue weighted by Gasteiger charge is -2.04. The highest BCUT2D eigenvalue weighted by Crippen LogP contribution is 2.05. The topological polar surface area (TPSA) is 75.6 Å². The van der Waals surface area contributed by atoms with Crippen LogP contribution in [-0.4, -0.2) is 30.3 Å². The van der Waals surface area contributed by atoms with E-state index < -0.39 is 18.0 Å². The summed E-state index contributed by atoms with van der Waals surface area (Å²) in [5.41, 5.74) is 0. The average Bonchev–Trinajstić information content (AvgIpc) is 2.13. The van der Waals surface area contributed by atoms with E-state index in [2.05, 4.69) is 10.1 Å². The third kappa shape index (κ3) is 2.10. The highest BCUT2D eigenvalue weighted by molar-refractivity contribution is 5.73. The molecule has 1 aliphatic heterocycles. The van der Waals surface area contributed by atoms with E-state index in [1.807, 2.05) is 0 Å². The van der Waals surface area contributed by atoms with Crippen molar-refractivity contribution in [2.75, 3.05) is 13.2 Å². The zero-order valence-electron chi connectivity index (χ0n) is 5.87. The zero-order chi connectivity index (χ0) is 8.27. The monoisotopic (exact) mass is 159 g/mol. The van der Waals surface area contributed by atoms with Crippen LogP contribution in [0.3, 0.4) is 0 Å². The molecule has 0 aromatic heterocycles. The normalized spacial score (nSPS) is 24.7. The lowest BCUT2D eigenvalue weighted by molar-refractivity contribution is -0.141. The van der Waals surface area contributed by atoms with Crippen LogP contribution in [0.1, 0.15) is 6.42 Å². The number of carbonyl (C=O) groups is 2. The Bertz CT molecular complexity index is 179. The average molecular weight is 159 g/mol. The Balaban J connectivity index is 2.46. The number of ether oxygens (including phenoxy) is 1. The van der Waals surface area contributed by atoms with Crippen LogP contribution in [0.25, 0.3) is 0 Å². The van der Waals surface area contributed by atoms with Crippen molar-refractivity contribution in [3.63, 3.8) is 0 Å². The fourth-order valence-electron chi connectivity index (χ4n) is 0.864. The lowest BCUT2D eigenvalue weighted by Crippen LogP contribution is -2.29. The molecule has 1 aliphatic rings. The van der Waals surface area contributed by atoms with Gasteiger partial charge in [0.05, 0.1) is 12.5 Å². The van der Waals surface area contributed by atoms with Gasteiger partial charge < -0.3 is 15.2 Å². The number of hydrogen-bond donors (Lipinski definition) is 2. The molecule has 1 heterocycles. The van der Waals surface area contributed by atoms with Crippen molar-refractivity contribution in [3.05, 3.63) is 0 Å². The molecule has 0 aliphatic carbocycles. The summed E-state index contributed by atoms with van der Waals surface area (Å²) < 4.78 is 4.57. The molecule has 5 heteroatoms. The third-order valence-electron chi connectivity index (χ3n) is 1.54. The van der Waals surface area contributed by atoms with Crippen molar-refractivity contribution in [1.82, 2.24) is 5.32 Å². The first-order valence-electron chi connectivity index (χ1n) is 3.33. The van der Waals surface area contributed by atoms with Crippen molar-refractivity contribution >= 4 is 12.1 Å². The molecule has 1 atom stereocenters. The molecule has 0 radical (unpaired) electrons. The summed E-state index contributed by atoms with van der Waals surface area (Å²) in [6, 6.07) is 0. The lowest BCUT2D eigenvalue weighted by atomic mass is 10.1. The maximum absolute atomic E-state index is 10.5. The molecule has 1 amide bonds. The summed E-state index contributed by atoms with van der Waals surface area (Å²) >= 11 is 0. The van der Waals surface area contributed by atoms with E-state index in [0.717, 1.165) is 0 Å². The number of carboxylic acid groups (broad SMARTS) is 1. The molecule has 1 rings (SSSR count). The Kier molecular flexibility index (Phi) is 2.30. The van der Waals surface area contributed by atoms with Gasteiger partial charge in [-0.15, -0.1) is 0 Å². The van der Waals surface area contributed by atoms with Crippen LogP contribution in [0.2, 0.25) is 0 Å². The summed E-state index contributed by atoms with van der Waals surface area (Å²) in [5, 5.41) is 10.9. The number of amides is 1. The Labute approximate surface area is 63.3 Å². The minimum absolute atomic E-state index is 0.161. The van der Waals surface area contributed by atoms with Gasteiger partial charge in [-0.05, 0) is 6.42 Å². The van der Waals surface area contributed by atoms with E-state index in [1.165, 1.54) is 0 Å². The van der Waals surface area contributed by atoms with Crippen LogP contribution in [0, 0.1) is 5.92 Å². The smallest absolute Gasteiger partial charge is 0.407 e. The first kappa shape index (κ1) is 7.84. The molecule has 0 unspecified atom stereocenters. The number of carbonyl (C=O) groups excluding carboxylic acids is 1.